The fourth-order valence-corrected chi connectivity index (χ4v) is 1.51. The van der Waals surface area contributed by atoms with E-state index < -0.39 is 6.36 Å². The highest BCUT2D eigenvalue weighted by molar-refractivity contribution is 5.93. The first-order valence-electron chi connectivity index (χ1n) is 5.82. The summed E-state index contributed by atoms with van der Waals surface area (Å²) in [5.74, 6) is -0.680. The molecule has 110 valence electrons. The molecule has 0 aliphatic heterocycles. The lowest BCUT2D eigenvalue weighted by Gasteiger charge is -2.09. The lowest BCUT2D eigenvalue weighted by molar-refractivity contribution is -0.274. The Morgan fingerprint density at radius 3 is 2.33 bits per heavy atom. The fourth-order valence-electron chi connectivity index (χ4n) is 1.51. The molecule has 21 heavy (non-hydrogen) atoms. The highest BCUT2D eigenvalue weighted by atomic mass is 19.4. The molecule has 0 bridgehead atoms. The molecule has 1 amide bonds. The number of hydrogen-bond acceptors (Lipinski definition) is 4. The molecule has 0 aliphatic rings. The summed E-state index contributed by atoms with van der Waals surface area (Å²) in [6, 6.07) is 5.23. The Balaban J connectivity index is 1.91. The van der Waals surface area contributed by atoms with Gasteiger partial charge in [0.15, 0.2) is 0 Å². The Morgan fingerprint density at radius 1 is 1.14 bits per heavy atom. The molecule has 0 unspecified atom stereocenters. The monoisotopic (exact) mass is 297 g/mol. The van der Waals surface area contributed by atoms with E-state index in [2.05, 4.69) is 20.0 Å². The molecule has 0 saturated heterocycles. The summed E-state index contributed by atoms with van der Waals surface area (Å²) in [5, 5.41) is 2.60. The molecule has 0 atom stereocenters. The zero-order chi connectivity index (χ0) is 15.3. The maximum absolute atomic E-state index is 12.0. The van der Waals surface area contributed by atoms with Crippen molar-refractivity contribution >= 4 is 5.91 Å². The number of nitrogens with zero attached hydrogens (tertiary/aromatic N) is 2. The number of alkyl halides is 3. The van der Waals surface area contributed by atoms with Crippen molar-refractivity contribution in [2.24, 2.45) is 0 Å². The smallest absolute Gasteiger partial charge is 0.406 e. The lowest BCUT2D eigenvalue weighted by atomic mass is 10.2. The molecule has 2 rings (SSSR count). The van der Waals surface area contributed by atoms with Crippen molar-refractivity contribution in [3.05, 3.63) is 54.1 Å². The molecule has 1 aromatic carbocycles. The second kappa shape index (κ2) is 6.21. The molecule has 0 aliphatic carbocycles. The summed E-state index contributed by atoms with van der Waals surface area (Å²) < 4.78 is 39.7. The predicted octanol–water partition coefficient (Wildman–Crippen LogP) is 2.31. The molecule has 0 saturated carbocycles. The van der Waals surface area contributed by atoms with Crippen LogP contribution in [-0.2, 0) is 6.54 Å². The summed E-state index contributed by atoms with van der Waals surface area (Å²) in [7, 11) is 0. The van der Waals surface area contributed by atoms with Crippen LogP contribution in [0.15, 0.2) is 43.0 Å². The van der Waals surface area contributed by atoms with Crippen LogP contribution in [0.4, 0.5) is 13.2 Å². The molecular formula is C13H10F3N3O2. The first kappa shape index (κ1) is 14.8. The maximum atomic E-state index is 12.0. The quantitative estimate of drug-likeness (QED) is 0.940. The standard InChI is InChI=1S/C13H10F3N3O2/c14-13(15,16)21-11-3-1-9(2-4-11)5-19-12(20)10-6-17-8-18-7-10/h1-4,6-8H,5H2,(H,19,20). The number of carbonyl (C=O) groups is 1. The first-order valence-corrected chi connectivity index (χ1v) is 5.82. The third-order valence-electron chi connectivity index (χ3n) is 2.43. The van der Waals surface area contributed by atoms with Gasteiger partial charge in [-0.3, -0.25) is 4.79 Å². The number of nitrogens with one attached hydrogen (secondary N) is 1. The number of aromatic nitrogens is 2. The van der Waals surface area contributed by atoms with Crippen LogP contribution in [0, 0.1) is 0 Å². The van der Waals surface area contributed by atoms with Gasteiger partial charge in [-0.2, -0.15) is 0 Å². The summed E-state index contributed by atoms with van der Waals surface area (Å²) in [4.78, 5) is 19.1. The second-order valence-electron chi connectivity index (χ2n) is 4.00. The van der Waals surface area contributed by atoms with Gasteiger partial charge in [0.25, 0.3) is 5.91 Å². The van der Waals surface area contributed by atoms with Gasteiger partial charge in [-0.15, -0.1) is 13.2 Å². The van der Waals surface area contributed by atoms with Crippen LogP contribution in [0.25, 0.3) is 0 Å². The van der Waals surface area contributed by atoms with E-state index in [4.69, 9.17) is 0 Å². The number of benzene rings is 1. The van der Waals surface area contributed by atoms with Gasteiger partial charge in [0.05, 0.1) is 5.56 Å². The molecule has 0 radical (unpaired) electrons. The summed E-state index contributed by atoms with van der Waals surface area (Å²) >= 11 is 0. The van der Waals surface area contributed by atoms with Crippen LogP contribution in [0.3, 0.4) is 0 Å². The van der Waals surface area contributed by atoms with Gasteiger partial charge < -0.3 is 10.1 Å². The molecule has 1 heterocycles. The number of halogens is 3. The van der Waals surface area contributed by atoms with Crippen LogP contribution in [0.1, 0.15) is 15.9 Å². The van der Waals surface area contributed by atoms with Crippen LogP contribution < -0.4 is 10.1 Å². The third kappa shape index (κ3) is 4.75. The number of ether oxygens (including phenoxy) is 1. The predicted molar refractivity (Wildman–Crippen MR) is 66.3 cm³/mol. The Bertz CT molecular complexity index is 600. The SMILES string of the molecule is O=C(NCc1ccc(OC(F)(F)F)cc1)c1cncnc1. The minimum absolute atomic E-state index is 0.167. The zero-order valence-electron chi connectivity index (χ0n) is 10.6. The minimum atomic E-state index is -4.72. The van der Waals surface area contributed by atoms with Crippen LogP contribution >= 0.6 is 0 Å². The largest absolute Gasteiger partial charge is 0.573 e. The van der Waals surface area contributed by atoms with E-state index in [1.54, 1.807) is 0 Å². The van der Waals surface area contributed by atoms with Gasteiger partial charge in [-0.1, -0.05) is 12.1 Å². The maximum Gasteiger partial charge on any atom is 0.573 e. The average Bonchev–Trinajstić information content (AvgIpc) is 2.45. The van der Waals surface area contributed by atoms with Gasteiger partial charge >= 0.3 is 6.36 Å². The molecular weight excluding hydrogens is 287 g/mol. The fraction of sp³-hybridized carbons (Fsp3) is 0.154. The zero-order valence-corrected chi connectivity index (χ0v) is 10.6. The van der Waals surface area contributed by atoms with E-state index >= 15 is 0 Å². The number of hydrogen-bond donors (Lipinski definition) is 1. The Hall–Kier alpha value is -2.64. The first-order chi connectivity index (χ1) is 9.94. The molecule has 8 heteroatoms. The van der Waals surface area contributed by atoms with Crippen molar-refractivity contribution in [2.75, 3.05) is 0 Å². The van der Waals surface area contributed by atoms with E-state index in [1.165, 1.54) is 43.0 Å². The number of carbonyl (C=O) groups excluding carboxylic acids is 1. The molecule has 2 aromatic rings. The number of amides is 1. The van der Waals surface area contributed by atoms with Gasteiger partial charge in [-0.25, -0.2) is 9.97 Å². The molecule has 0 spiro atoms. The second-order valence-corrected chi connectivity index (χ2v) is 4.00. The van der Waals surface area contributed by atoms with Crippen molar-refractivity contribution in [1.29, 1.82) is 0 Å². The Morgan fingerprint density at radius 2 is 1.76 bits per heavy atom. The molecule has 1 aromatic heterocycles. The Labute approximate surface area is 117 Å². The summed E-state index contributed by atoms with van der Waals surface area (Å²) in [6.07, 6.45) is -0.690. The summed E-state index contributed by atoms with van der Waals surface area (Å²) in [6.45, 7) is 0.167. The van der Waals surface area contributed by atoms with Crippen LogP contribution in [0.5, 0.6) is 5.75 Å². The molecule has 5 nitrogen and oxygen atoms in total. The van der Waals surface area contributed by atoms with E-state index in [1.807, 2.05) is 0 Å². The van der Waals surface area contributed by atoms with Crippen molar-refractivity contribution in [2.45, 2.75) is 12.9 Å². The third-order valence-corrected chi connectivity index (χ3v) is 2.43. The normalized spacial score (nSPS) is 11.0. The van der Waals surface area contributed by atoms with Crippen LogP contribution in [0.2, 0.25) is 0 Å². The van der Waals surface area contributed by atoms with E-state index in [9.17, 15) is 18.0 Å². The van der Waals surface area contributed by atoms with E-state index in [-0.39, 0.29) is 18.2 Å². The summed E-state index contributed by atoms with van der Waals surface area (Å²) in [5.41, 5.74) is 0.934. The van der Waals surface area contributed by atoms with Crippen molar-refractivity contribution in [3.63, 3.8) is 0 Å². The minimum Gasteiger partial charge on any atom is -0.406 e. The van der Waals surface area contributed by atoms with Crippen molar-refractivity contribution in [3.8, 4) is 5.75 Å². The highest BCUT2D eigenvalue weighted by Crippen LogP contribution is 2.22. The van der Waals surface area contributed by atoms with Crippen molar-refractivity contribution < 1.29 is 22.7 Å². The van der Waals surface area contributed by atoms with E-state index in [0.717, 1.165) is 0 Å². The van der Waals surface area contributed by atoms with E-state index in [0.29, 0.717) is 11.1 Å². The average molecular weight is 297 g/mol. The number of rotatable bonds is 4. The van der Waals surface area contributed by atoms with Crippen molar-refractivity contribution in [1.82, 2.24) is 15.3 Å². The lowest BCUT2D eigenvalue weighted by Crippen LogP contribution is -2.23. The molecule has 1 N–H and O–H groups in total. The Kier molecular flexibility index (Phi) is 4.36. The van der Waals surface area contributed by atoms with Crippen LogP contribution in [-0.4, -0.2) is 22.2 Å². The van der Waals surface area contributed by atoms with Gasteiger partial charge in [0, 0.05) is 18.9 Å². The highest BCUT2D eigenvalue weighted by Gasteiger charge is 2.30. The topological polar surface area (TPSA) is 64.1 Å². The molecule has 0 fully saturated rings. The van der Waals surface area contributed by atoms with Gasteiger partial charge in [0.2, 0.25) is 0 Å². The van der Waals surface area contributed by atoms with Gasteiger partial charge in [-0.05, 0) is 17.7 Å². The van der Waals surface area contributed by atoms with Gasteiger partial charge in [0.1, 0.15) is 12.1 Å².